The first-order valence-electron chi connectivity index (χ1n) is 5.91. The fourth-order valence-corrected chi connectivity index (χ4v) is 3.02. The number of ether oxygens (including phenoxy) is 1. The summed E-state index contributed by atoms with van der Waals surface area (Å²) in [5.41, 5.74) is 0.349. The van der Waals surface area contributed by atoms with Crippen LogP contribution in [0.25, 0.3) is 10.1 Å². The van der Waals surface area contributed by atoms with Gasteiger partial charge in [-0.25, -0.2) is 9.37 Å². The Bertz CT molecular complexity index is 760. The lowest BCUT2D eigenvalue weighted by molar-refractivity contribution is 0.211. The highest BCUT2D eigenvalue weighted by atomic mass is 32.1. The molecule has 0 aliphatic rings. The lowest BCUT2D eigenvalue weighted by Gasteiger charge is -2.10. The highest BCUT2D eigenvalue weighted by molar-refractivity contribution is 7.19. The topological polar surface area (TPSA) is 55.2 Å². The van der Waals surface area contributed by atoms with Crippen LogP contribution in [0.3, 0.4) is 0 Å². The lowest BCUT2D eigenvalue weighted by atomic mass is 10.2. The van der Waals surface area contributed by atoms with E-state index in [-0.39, 0.29) is 11.7 Å². The molecule has 0 radical (unpaired) electrons. The van der Waals surface area contributed by atoms with Crippen molar-refractivity contribution in [3.8, 4) is 5.88 Å². The molecule has 0 aliphatic heterocycles. The zero-order valence-electron chi connectivity index (χ0n) is 10.6. The number of benzene rings is 1. The SMILES string of the molecule is COc1nccnc1C(O)c1cc2cc(F)ccc2s1. The average molecular weight is 290 g/mol. The predicted molar refractivity (Wildman–Crippen MR) is 74.4 cm³/mol. The lowest BCUT2D eigenvalue weighted by Crippen LogP contribution is -2.04. The number of aromatic nitrogens is 2. The van der Waals surface area contributed by atoms with E-state index in [1.165, 1.54) is 43.0 Å². The van der Waals surface area contributed by atoms with Gasteiger partial charge in [0.25, 0.3) is 0 Å². The van der Waals surface area contributed by atoms with Crippen LogP contribution in [0.1, 0.15) is 16.7 Å². The van der Waals surface area contributed by atoms with E-state index in [0.29, 0.717) is 10.6 Å². The normalized spacial score (nSPS) is 12.6. The Kier molecular flexibility index (Phi) is 3.33. The quantitative estimate of drug-likeness (QED) is 0.806. The molecule has 0 saturated carbocycles. The maximum Gasteiger partial charge on any atom is 0.238 e. The minimum Gasteiger partial charge on any atom is -0.480 e. The molecule has 0 aliphatic carbocycles. The number of aliphatic hydroxyl groups is 1. The number of methoxy groups -OCH3 is 1. The summed E-state index contributed by atoms with van der Waals surface area (Å²) in [5, 5.41) is 11.2. The van der Waals surface area contributed by atoms with Crippen LogP contribution in [0, 0.1) is 5.82 Å². The van der Waals surface area contributed by atoms with Gasteiger partial charge in [-0.15, -0.1) is 11.3 Å². The van der Waals surface area contributed by atoms with Crippen molar-refractivity contribution in [2.24, 2.45) is 0 Å². The first-order valence-corrected chi connectivity index (χ1v) is 6.72. The number of hydrogen-bond acceptors (Lipinski definition) is 5. The molecule has 6 heteroatoms. The van der Waals surface area contributed by atoms with Crippen LogP contribution in [-0.4, -0.2) is 22.2 Å². The predicted octanol–water partition coefficient (Wildman–Crippen LogP) is 2.92. The fourth-order valence-electron chi connectivity index (χ4n) is 1.99. The van der Waals surface area contributed by atoms with E-state index >= 15 is 0 Å². The summed E-state index contributed by atoms with van der Waals surface area (Å²) in [7, 11) is 1.47. The van der Waals surface area contributed by atoms with Gasteiger partial charge in [-0.05, 0) is 29.7 Å². The molecular weight excluding hydrogens is 279 g/mol. The summed E-state index contributed by atoms with van der Waals surface area (Å²) < 4.78 is 19.2. The Morgan fingerprint density at radius 1 is 1.25 bits per heavy atom. The second-order valence-corrected chi connectivity index (χ2v) is 5.30. The Hall–Kier alpha value is -2.05. The fraction of sp³-hybridized carbons (Fsp3) is 0.143. The van der Waals surface area contributed by atoms with Gasteiger partial charge >= 0.3 is 0 Å². The third-order valence-electron chi connectivity index (χ3n) is 2.91. The number of aliphatic hydroxyl groups excluding tert-OH is 1. The van der Waals surface area contributed by atoms with Crippen LogP contribution in [0.2, 0.25) is 0 Å². The molecule has 0 saturated heterocycles. The highest BCUT2D eigenvalue weighted by Gasteiger charge is 2.20. The van der Waals surface area contributed by atoms with Gasteiger partial charge < -0.3 is 9.84 Å². The molecule has 4 nitrogen and oxygen atoms in total. The van der Waals surface area contributed by atoms with E-state index in [1.807, 2.05) is 0 Å². The minimum atomic E-state index is -0.945. The number of fused-ring (bicyclic) bond motifs is 1. The molecule has 1 aromatic carbocycles. The van der Waals surface area contributed by atoms with Gasteiger partial charge in [-0.3, -0.25) is 4.98 Å². The van der Waals surface area contributed by atoms with Gasteiger partial charge in [0, 0.05) is 22.0 Å². The Morgan fingerprint density at radius 3 is 2.85 bits per heavy atom. The molecule has 1 N–H and O–H groups in total. The molecule has 0 spiro atoms. The molecule has 20 heavy (non-hydrogen) atoms. The van der Waals surface area contributed by atoms with E-state index < -0.39 is 6.10 Å². The molecule has 102 valence electrons. The Balaban J connectivity index is 2.05. The number of nitrogens with zero attached hydrogens (tertiary/aromatic N) is 2. The zero-order valence-corrected chi connectivity index (χ0v) is 11.4. The van der Waals surface area contributed by atoms with Crippen molar-refractivity contribution in [2.75, 3.05) is 7.11 Å². The molecule has 0 amide bonds. The average Bonchev–Trinajstić information content (AvgIpc) is 2.89. The van der Waals surface area contributed by atoms with Crippen molar-refractivity contribution in [3.63, 3.8) is 0 Å². The molecule has 0 bridgehead atoms. The second kappa shape index (κ2) is 5.15. The van der Waals surface area contributed by atoms with Crippen LogP contribution in [0.5, 0.6) is 5.88 Å². The smallest absolute Gasteiger partial charge is 0.238 e. The van der Waals surface area contributed by atoms with Gasteiger partial charge in [0.05, 0.1) is 7.11 Å². The van der Waals surface area contributed by atoms with Crippen molar-refractivity contribution in [3.05, 3.63) is 53.0 Å². The van der Waals surface area contributed by atoms with Gasteiger partial charge in [-0.1, -0.05) is 0 Å². The number of thiophene rings is 1. The Labute approximate surface area is 118 Å². The van der Waals surface area contributed by atoms with Crippen LogP contribution >= 0.6 is 11.3 Å². The number of halogens is 1. The summed E-state index contributed by atoms with van der Waals surface area (Å²) in [6, 6.07) is 6.29. The highest BCUT2D eigenvalue weighted by Crippen LogP contribution is 2.34. The van der Waals surface area contributed by atoms with Crippen molar-refractivity contribution in [2.45, 2.75) is 6.10 Å². The molecule has 2 heterocycles. The second-order valence-electron chi connectivity index (χ2n) is 4.18. The van der Waals surface area contributed by atoms with Gasteiger partial charge in [-0.2, -0.15) is 0 Å². The summed E-state index contributed by atoms with van der Waals surface area (Å²) >= 11 is 1.39. The third-order valence-corrected chi connectivity index (χ3v) is 4.08. The van der Waals surface area contributed by atoms with E-state index in [2.05, 4.69) is 9.97 Å². The van der Waals surface area contributed by atoms with Crippen molar-refractivity contribution in [1.29, 1.82) is 0 Å². The molecule has 2 aromatic heterocycles. The summed E-state index contributed by atoms with van der Waals surface area (Å²) in [4.78, 5) is 8.79. The molecule has 0 fully saturated rings. The Morgan fingerprint density at radius 2 is 2.05 bits per heavy atom. The summed E-state index contributed by atoms with van der Waals surface area (Å²) in [5.74, 6) is -0.0166. The minimum absolute atomic E-state index is 0.281. The summed E-state index contributed by atoms with van der Waals surface area (Å²) in [6.45, 7) is 0. The molecule has 3 aromatic rings. The number of rotatable bonds is 3. The van der Waals surface area contributed by atoms with E-state index in [1.54, 1.807) is 12.1 Å². The largest absolute Gasteiger partial charge is 0.480 e. The van der Waals surface area contributed by atoms with E-state index in [0.717, 1.165) is 10.1 Å². The van der Waals surface area contributed by atoms with Crippen LogP contribution in [0.4, 0.5) is 4.39 Å². The zero-order chi connectivity index (χ0) is 14.1. The van der Waals surface area contributed by atoms with Crippen molar-refractivity contribution < 1.29 is 14.2 Å². The van der Waals surface area contributed by atoms with Gasteiger partial charge in [0.15, 0.2) is 0 Å². The maximum atomic E-state index is 13.2. The van der Waals surface area contributed by atoms with Gasteiger partial charge in [0.2, 0.25) is 5.88 Å². The van der Waals surface area contributed by atoms with Gasteiger partial charge in [0.1, 0.15) is 17.6 Å². The van der Waals surface area contributed by atoms with Crippen LogP contribution in [-0.2, 0) is 0 Å². The maximum absolute atomic E-state index is 13.2. The summed E-state index contributed by atoms with van der Waals surface area (Å²) in [6.07, 6.45) is 2.04. The standard InChI is InChI=1S/C14H11FN2O2S/c1-19-14-12(16-4-5-17-14)13(18)11-7-8-6-9(15)2-3-10(8)20-11/h2-7,13,18H,1H3. The first kappa shape index (κ1) is 13.0. The van der Waals surface area contributed by atoms with E-state index in [9.17, 15) is 9.50 Å². The number of hydrogen-bond donors (Lipinski definition) is 1. The third kappa shape index (κ3) is 2.23. The molecule has 1 unspecified atom stereocenters. The first-order chi connectivity index (χ1) is 9.69. The molecule has 3 rings (SSSR count). The van der Waals surface area contributed by atoms with E-state index in [4.69, 9.17) is 4.74 Å². The molecular formula is C14H11FN2O2S. The van der Waals surface area contributed by atoms with Crippen molar-refractivity contribution >= 4 is 21.4 Å². The monoisotopic (exact) mass is 290 g/mol. The van der Waals surface area contributed by atoms with Crippen molar-refractivity contribution in [1.82, 2.24) is 9.97 Å². The van der Waals surface area contributed by atoms with Crippen LogP contribution < -0.4 is 4.74 Å². The molecule has 1 atom stereocenters. The van der Waals surface area contributed by atoms with Crippen LogP contribution in [0.15, 0.2) is 36.7 Å².